The summed E-state index contributed by atoms with van der Waals surface area (Å²) in [5.74, 6) is 0. The van der Waals surface area contributed by atoms with Crippen molar-refractivity contribution in [3.8, 4) is 0 Å². The number of hydrogen-bond acceptors (Lipinski definition) is 2. The van der Waals surface area contributed by atoms with Gasteiger partial charge in [-0.2, -0.15) is 0 Å². The standard InChI is InChI=1S/C17H19NS/c1-19-17-9-7-16(8-10-17)18-12-13-5-6-14-3-2-4-15(14)11-13/h5-11,18H,2-4,12H2,1H3. The van der Waals surface area contributed by atoms with Gasteiger partial charge in [0.15, 0.2) is 0 Å². The summed E-state index contributed by atoms with van der Waals surface area (Å²) in [6.07, 6.45) is 5.94. The molecule has 1 N–H and O–H groups in total. The summed E-state index contributed by atoms with van der Waals surface area (Å²) in [5.41, 5.74) is 5.68. The van der Waals surface area contributed by atoms with Crippen LogP contribution in [0.1, 0.15) is 23.1 Å². The highest BCUT2D eigenvalue weighted by Gasteiger charge is 2.10. The Morgan fingerprint density at radius 2 is 1.79 bits per heavy atom. The van der Waals surface area contributed by atoms with Crippen molar-refractivity contribution in [2.24, 2.45) is 0 Å². The maximum Gasteiger partial charge on any atom is 0.0400 e. The van der Waals surface area contributed by atoms with Gasteiger partial charge in [0.1, 0.15) is 0 Å². The van der Waals surface area contributed by atoms with Crippen molar-refractivity contribution in [2.75, 3.05) is 11.6 Å². The van der Waals surface area contributed by atoms with Crippen LogP contribution in [0.3, 0.4) is 0 Å². The van der Waals surface area contributed by atoms with Crippen molar-refractivity contribution in [3.63, 3.8) is 0 Å². The molecular formula is C17H19NS. The molecule has 2 aromatic carbocycles. The molecule has 0 atom stereocenters. The molecule has 1 nitrogen and oxygen atoms in total. The lowest BCUT2D eigenvalue weighted by Crippen LogP contribution is -2.00. The quantitative estimate of drug-likeness (QED) is 0.820. The molecule has 0 amide bonds. The van der Waals surface area contributed by atoms with E-state index in [-0.39, 0.29) is 0 Å². The van der Waals surface area contributed by atoms with Crippen LogP contribution in [0, 0.1) is 0 Å². The van der Waals surface area contributed by atoms with Gasteiger partial charge in [0.2, 0.25) is 0 Å². The minimum atomic E-state index is 0.909. The average Bonchev–Trinajstić information content (AvgIpc) is 2.93. The van der Waals surface area contributed by atoms with E-state index in [0.717, 1.165) is 6.54 Å². The summed E-state index contributed by atoms with van der Waals surface area (Å²) in [6.45, 7) is 0.909. The third kappa shape index (κ3) is 2.95. The fourth-order valence-electron chi connectivity index (χ4n) is 2.65. The molecule has 0 saturated heterocycles. The number of benzene rings is 2. The predicted octanol–water partition coefficient (Wildman–Crippen LogP) is 4.51. The van der Waals surface area contributed by atoms with Gasteiger partial charge in [0.05, 0.1) is 0 Å². The Balaban J connectivity index is 1.65. The van der Waals surface area contributed by atoms with E-state index in [0.29, 0.717) is 0 Å². The van der Waals surface area contributed by atoms with E-state index in [1.807, 2.05) is 0 Å². The molecule has 2 heteroatoms. The lowest BCUT2D eigenvalue weighted by atomic mass is 10.1. The summed E-state index contributed by atoms with van der Waals surface area (Å²) in [5, 5.41) is 3.49. The number of nitrogens with one attached hydrogen (secondary N) is 1. The molecule has 1 aliphatic rings. The van der Waals surface area contributed by atoms with Crippen molar-refractivity contribution in [3.05, 3.63) is 59.2 Å². The highest BCUT2D eigenvalue weighted by atomic mass is 32.2. The number of hydrogen-bond donors (Lipinski definition) is 1. The van der Waals surface area contributed by atoms with Crippen molar-refractivity contribution in [2.45, 2.75) is 30.7 Å². The molecule has 0 aromatic heterocycles. The predicted molar refractivity (Wildman–Crippen MR) is 84.0 cm³/mol. The molecule has 0 heterocycles. The number of anilines is 1. The number of aryl methyl sites for hydroxylation is 2. The monoisotopic (exact) mass is 269 g/mol. The van der Waals surface area contributed by atoms with Crippen LogP contribution >= 0.6 is 11.8 Å². The summed E-state index contributed by atoms with van der Waals surface area (Å²) in [6, 6.07) is 15.6. The smallest absolute Gasteiger partial charge is 0.0400 e. The molecule has 0 fully saturated rings. The van der Waals surface area contributed by atoms with Crippen LogP contribution in [-0.2, 0) is 19.4 Å². The molecule has 0 radical (unpaired) electrons. The Kier molecular flexibility index (Phi) is 3.79. The van der Waals surface area contributed by atoms with Gasteiger partial charge in [-0.15, -0.1) is 11.8 Å². The Hall–Kier alpha value is -1.41. The lowest BCUT2D eigenvalue weighted by molar-refractivity contribution is 0.911. The Bertz CT molecular complexity index is 560. The summed E-state index contributed by atoms with van der Waals surface area (Å²) in [7, 11) is 0. The highest BCUT2D eigenvalue weighted by molar-refractivity contribution is 7.98. The van der Waals surface area contributed by atoms with Gasteiger partial charge in [0, 0.05) is 17.1 Å². The number of thioether (sulfide) groups is 1. The van der Waals surface area contributed by atoms with Crippen LogP contribution in [0.4, 0.5) is 5.69 Å². The molecule has 1 aliphatic carbocycles. The third-order valence-electron chi connectivity index (χ3n) is 3.75. The molecule has 0 saturated carbocycles. The van der Waals surface area contributed by atoms with Gasteiger partial charge in [-0.3, -0.25) is 0 Å². The minimum Gasteiger partial charge on any atom is -0.381 e. The molecule has 0 unspecified atom stereocenters. The van der Waals surface area contributed by atoms with Gasteiger partial charge in [0.25, 0.3) is 0 Å². The maximum atomic E-state index is 3.49. The second-order valence-electron chi connectivity index (χ2n) is 5.04. The van der Waals surface area contributed by atoms with E-state index in [9.17, 15) is 0 Å². The first-order chi connectivity index (χ1) is 9.35. The molecule has 2 aromatic rings. The minimum absolute atomic E-state index is 0.909. The van der Waals surface area contributed by atoms with Crippen molar-refractivity contribution in [1.29, 1.82) is 0 Å². The molecular weight excluding hydrogens is 250 g/mol. The Morgan fingerprint density at radius 3 is 2.58 bits per heavy atom. The number of rotatable bonds is 4. The normalized spacial score (nSPS) is 13.3. The average molecular weight is 269 g/mol. The van der Waals surface area contributed by atoms with Crippen LogP contribution in [0.25, 0.3) is 0 Å². The Labute approximate surface area is 119 Å². The van der Waals surface area contributed by atoms with Crippen LogP contribution < -0.4 is 5.32 Å². The Morgan fingerprint density at radius 1 is 1.00 bits per heavy atom. The van der Waals surface area contributed by atoms with Crippen LogP contribution in [0.5, 0.6) is 0 Å². The van der Waals surface area contributed by atoms with Crippen molar-refractivity contribution >= 4 is 17.4 Å². The molecule has 19 heavy (non-hydrogen) atoms. The van der Waals surface area contributed by atoms with Crippen LogP contribution in [-0.4, -0.2) is 6.26 Å². The number of fused-ring (bicyclic) bond motifs is 1. The zero-order valence-electron chi connectivity index (χ0n) is 11.3. The van der Waals surface area contributed by atoms with E-state index in [4.69, 9.17) is 0 Å². The molecule has 0 bridgehead atoms. The van der Waals surface area contributed by atoms with Crippen molar-refractivity contribution < 1.29 is 0 Å². The van der Waals surface area contributed by atoms with Gasteiger partial charge in [-0.1, -0.05) is 18.2 Å². The fraction of sp³-hybridized carbons (Fsp3) is 0.294. The topological polar surface area (TPSA) is 12.0 Å². The molecule has 0 spiro atoms. The first-order valence-electron chi connectivity index (χ1n) is 6.84. The van der Waals surface area contributed by atoms with E-state index < -0.39 is 0 Å². The lowest BCUT2D eigenvalue weighted by Gasteiger charge is -2.09. The van der Waals surface area contributed by atoms with Gasteiger partial charge >= 0.3 is 0 Å². The summed E-state index contributed by atoms with van der Waals surface area (Å²) in [4.78, 5) is 1.31. The first kappa shape index (κ1) is 12.6. The van der Waals surface area contributed by atoms with Gasteiger partial charge in [-0.05, 0) is 66.5 Å². The molecule has 0 aliphatic heterocycles. The maximum absolute atomic E-state index is 3.49. The fourth-order valence-corrected chi connectivity index (χ4v) is 3.06. The second kappa shape index (κ2) is 5.70. The van der Waals surface area contributed by atoms with Gasteiger partial charge < -0.3 is 5.32 Å². The second-order valence-corrected chi connectivity index (χ2v) is 5.92. The zero-order chi connectivity index (χ0) is 13.1. The van der Waals surface area contributed by atoms with E-state index >= 15 is 0 Å². The first-order valence-corrected chi connectivity index (χ1v) is 8.06. The summed E-state index contributed by atoms with van der Waals surface area (Å²) < 4.78 is 0. The van der Waals surface area contributed by atoms with Gasteiger partial charge in [-0.25, -0.2) is 0 Å². The van der Waals surface area contributed by atoms with E-state index in [1.54, 1.807) is 22.9 Å². The largest absolute Gasteiger partial charge is 0.381 e. The van der Waals surface area contributed by atoms with Crippen LogP contribution in [0.2, 0.25) is 0 Å². The summed E-state index contributed by atoms with van der Waals surface area (Å²) >= 11 is 1.78. The van der Waals surface area contributed by atoms with E-state index in [2.05, 4.69) is 54.0 Å². The molecule has 3 rings (SSSR count). The highest BCUT2D eigenvalue weighted by Crippen LogP contribution is 2.23. The van der Waals surface area contributed by atoms with Crippen LogP contribution in [0.15, 0.2) is 47.4 Å². The zero-order valence-corrected chi connectivity index (χ0v) is 12.1. The van der Waals surface area contributed by atoms with Crippen molar-refractivity contribution in [1.82, 2.24) is 0 Å². The SMILES string of the molecule is CSc1ccc(NCc2ccc3c(c2)CCC3)cc1. The third-order valence-corrected chi connectivity index (χ3v) is 4.49. The van der Waals surface area contributed by atoms with E-state index in [1.165, 1.54) is 35.4 Å². The molecule has 98 valence electrons.